The van der Waals surface area contributed by atoms with Crippen LogP contribution in [0.2, 0.25) is 0 Å². The zero-order valence-electron chi connectivity index (χ0n) is 10.3. The molecule has 0 heterocycles. The predicted molar refractivity (Wildman–Crippen MR) is 78.1 cm³/mol. The molecular weight excluding hydrogens is 242 g/mol. The first-order chi connectivity index (χ1) is 8.34. The lowest BCUT2D eigenvalue weighted by Gasteiger charge is -2.13. The van der Waals surface area contributed by atoms with Crippen molar-refractivity contribution in [3.05, 3.63) is 71.3 Å². The molecule has 1 atom stereocenters. The molecular formula is C16H18ClN. The fourth-order valence-corrected chi connectivity index (χ4v) is 2.28. The molecule has 2 aromatic rings. The van der Waals surface area contributed by atoms with Crippen LogP contribution in [-0.4, -0.2) is 0 Å². The average Bonchev–Trinajstić information content (AvgIpc) is 3.23. The van der Waals surface area contributed by atoms with Crippen LogP contribution in [0.4, 0.5) is 0 Å². The second-order valence-electron chi connectivity index (χ2n) is 4.83. The first-order valence-corrected chi connectivity index (χ1v) is 6.25. The Bertz CT molecular complexity index is 506. The Labute approximate surface area is 114 Å². The molecule has 2 aromatic carbocycles. The van der Waals surface area contributed by atoms with Crippen LogP contribution in [0.25, 0.3) is 0 Å². The average molecular weight is 260 g/mol. The Hall–Kier alpha value is -1.31. The number of hydrogen-bond acceptors (Lipinski definition) is 1. The zero-order chi connectivity index (χ0) is 11.7. The summed E-state index contributed by atoms with van der Waals surface area (Å²) in [6.45, 7) is 0. The highest BCUT2D eigenvalue weighted by Gasteiger charge is 2.23. The topological polar surface area (TPSA) is 26.0 Å². The highest BCUT2D eigenvalue weighted by Crippen LogP contribution is 2.40. The molecule has 0 aliphatic heterocycles. The molecule has 94 valence electrons. The maximum absolute atomic E-state index is 6.31. The quantitative estimate of drug-likeness (QED) is 0.885. The lowest BCUT2D eigenvalue weighted by atomic mass is 9.97. The molecule has 18 heavy (non-hydrogen) atoms. The summed E-state index contributed by atoms with van der Waals surface area (Å²) in [5.74, 6) is 0.790. The Morgan fingerprint density at radius 1 is 0.889 bits per heavy atom. The molecule has 0 bridgehead atoms. The lowest BCUT2D eigenvalue weighted by molar-refractivity contribution is 0.867. The summed E-state index contributed by atoms with van der Waals surface area (Å²) in [6, 6.07) is 19.0. The van der Waals surface area contributed by atoms with Crippen LogP contribution < -0.4 is 5.73 Å². The molecule has 1 saturated carbocycles. The Kier molecular flexibility index (Phi) is 4.05. The highest BCUT2D eigenvalue weighted by molar-refractivity contribution is 5.85. The van der Waals surface area contributed by atoms with Gasteiger partial charge in [0.25, 0.3) is 0 Å². The third-order valence-corrected chi connectivity index (χ3v) is 3.48. The maximum Gasteiger partial charge on any atom is 0.0551 e. The van der Waals surface area contributed by atoms with Gasteiger partial charge >= 0.3 is 0 Å². The molecule has 1 aliphatic carbocycles. The molecule has 1 unspecified atom stereocenters. The predicted octanol–water partition coefficient (Wildman–Crippen LogP) is 4.03. The minimum Gasteiger partial charge on any atom is -0.320 e. The van der Waals surface area contributed by atoms with Gasteiger partial charge < -0.3 is 5.73 Å². The monoisotopic (exact) mass is 259 g/mol. The van der Waals surface area contributed by atoms with Gasteiger partial charge in [0, 0.05) is 0 Å². The van der Waals surface area contributed by atoms with Crippen molar-refractivity contribution in [3.8, 4) is 0 Å². The third kappa shape index (κ3) is 2.74. The van der Waals surface area contributed by atoms with E-state index in [2.05, 4.69) is 36.4 Å². The minimum absolute atomic E-state index is 0. The van der Waals surface area contributed by atoms with Crippen LogP contribution >= 0.6 is 12.4 Å². The normalized spacial score (nSPS) is 15.8. The molecule has 3 rings (SSSR count). The molecule has 2 N–H and O–H groups in total. The van der Waals surface area contributed by atoms with E-state index in [4.69, 9.17) is 5.73 Å². The van der Waals surface area contributed by atoms with Crippen LogP contribution in [0.15, 0.2) is 54.6 Å². The smallest absolute Gasteiger partial charge is 0.0551 e. The fourth-order valence-electron chi connectivity index (χ4n) is 2.28. The van der Waals surface area contributed by atoms with Crippen molar-refractivity contribution < 1.29 is 0 Å². The van der Waals surface area contributed by atoms with E-state index in [1.807, 2.05) is 18.2 Å². The summed E-state index contributed by atoms with van der Waals surface area (Å²) in [5.41, 5.74) is 10.2. The second kappa shape index (κ2) is 5.55. The maximum atomic E-state index is 6.31. The second-order valence-corrected chi connectivity index (χ2v) is 4.83. The molecule has 1 fully saturated rings. The number of nitrogens with two attached hydrogens (primary N) is 1. The zero-order valence-corrected chi connectivity index (χ0v) is 11.1. The summed E-state index contributed by atoms with van der Waals surface area (Å²) in [5, 5.41) is 0. The summed E-state index contributed by atoms with van der Waals surface area (Å²) in [6.07, 6.45) is 2.67. The Morgan fingerprint density at radius 3 is 2.22 bits per heavy atom. The van der Waals surface area contributed by atoms with E-state index in [1.165, 1.54) is 29.5 Å². The number of hydrogen-bond donors (Lipinski definition) is 1. The van der Waals surface area contributed by atoms with Gasteiger partial charge in [-0.1, -0.05) is 54.6 Å². The van der Waals surface area contributed by atoms with Crippen LogP contribution in [0.3, 0.4) is 0 Å². The van der Waals surface area contributed by atoms with Crippen molar-refractivity contribution >= 4 is 12.4 Å². The highest BCUT2D eigenvalue weighted by atomic mass is 35.5. The number of benzene rings is 2. The third-order valence-electron chi connectivity index (χ3n) is 3.48. The molecule has 2 heteroatoms. The Balaban J connectivity index is 0.00000120. The summed E-state index contributed by atoms with van der Waals surface area (Å²) in [7, 11) is 0. The van der Waals surface area contributed by atoms with Crippen molar-refractivity contribution in [2.45, 2.75) is 24.8 Å². The van der Waals surface area contributed by atoms with Gasteiger partial charge in [-0.15, -0.1) is 12.4 Å². The van der Waals surface area contributed by atoms with Gasteiger partial charge in [0.15, 0.2) is 0 Å². The molecule has 0 spiro atoms. The molecule has 1 nitrogen and oxygen atoms in total. The minimum atomic E-state index is -0.00472. The van der Waals surface area contributed by atoms with Gasteiger partial charge in [0.05, 0.1) is 6.04 Å². The molecule has 1 aliphatic rings. The van der Waals surface area contributed by atoms with Gasteiger partial charge in [-0.2, -0.15) is 0 Å². The van der Waals surface area contributed by atoms with Crippen LogP contribution in [-0.2, 0) is 0 Å². The van der Waals surface area contributed by atoms with Crippen molar-refractivity contribution in [1.82, 2.24) is 0 Å². The summed E-state index contributed by atoms with van der Waals surface area (Å²) in [4.78, 5) is 0. The van der Waals surface area contributed by atoms with E-state index in [0.29, 0.717) is 0 Å². The van der Waals surface area contributed by atoms with Crippen molar-refractivity contribution in [2.75, 3.05) is 0 Å². The standard InChI is InChI=1S/C16H17N.ClH/c17-16(13-5-2-1-3-6-13)15-8-4-7-14(11-15)12-9-10-12;/h1-8,11-12,16H,9-10,17H2;1H. The van der Waals surface area contributed by atoms with Gasteiger partial charge in [-0.25, -0.2) is 0 Å². The molecule has 0 aromatic heterocycles. The number of rotatable bonds is 3. The van der Waals surface area contributed by atoms with E-state index < -0.39 is 0 Å². The van der Waals surface area contributed by atoms with E-state index in [0.717, 1.165) is 5.92 Å². The SMILES string of the molecule is Cl.NC(c1ccccc1)c1cccc(C2CC2)c1. The molecule has 0 amide bonds. The first kappa shape index (κ1) is 13.1. The van der Waals surface area contributed by atoms with Gasteiger partial charge in [-0.05, 0) is 35.4 Å². The van der Waals surface area contributed by atoms with Crippen LogP contribution in [0, 0.1) is 0 Å². The largest absolute Gasteiger partial charge is 0.320 e. The number of halogens is 1. The van der Waals surface area contributed by atoms with Crippen LogP contribution in [0.1, 0.15) is 41.5 Å². The van der Waals surface area contributed by atoms with Gasteiger partial charge in [0.2, 0.25) is 0 Å². The van der Waals surface area contributed by atoms with E-state index >= 15 is 0 Å². The molecule has 0 saturated heterocycles. The summed E-state index contributed by atoms with van der Waals surface area (Å²) >= 11 is 0. The van der Waals surface area contributed by atoms with E-state index in [1.54, 1.807) is 0 Å². The fraction of sp³-hybridized carbons (Fsp3) is 0.250. The summed E-state index contributed by atoms with van der Waals surface area (Å²) < 4.78 is 0. The van der Waals surface area contributed by atoms with E-state index in [-0.39, 0.29) is 18.4 Å². The lowest BCUT2D eigenvalue weighted by Crippen LogP contribution is -2.11. The van der Waals surface area contributed by atoms with Gasteiger partial charge in [0.1, 0.15) is 0 Å². The molecule has 0 radical (unpaired) electrons. The first-order valence-electron chi connectivity index (χ1n) is 6.25. The van der Waals surface area contributed by atoms with Crippen molar-refractivity contribution in [2.24, 2.45) is 5.73 Å². The van der Waals surface area contributed by atoms with Crippen LogP contribution in [0.5, 0.6) is 0 Å². The van der Waals surface area contributed by atoms with Crippen molar-refractivity contribution in [1.29, 1.82) is 0 Å². The van der Waals surface area contributed by atoms with Gasteiger partial charge in [-0.3, -0.25) is 0 Å². The van der Waals surface area contributed by atoms with E-state index in [9.17, 15) is 0 Å². The van der Waals surface area contributed by atoms with Crippen molar-refractivity contribution in [3.63, 3.8) is 0 Å². The Morgan fingerprint density at radius 2 is 1.56 bits per heavy atom.